The van der Waals surface area contributed by atoms with E-state index in [-0.39, 0.29) is 11.9 Å². The maximum absolute atomic E-state index is 12.4. The number of rotatable bonds is 3. The lowest BCUT2D eigenvalue weighted by molar-refractivity contribution is -0.157. The molecule has 0 aromatic carbocycles. The third kappa shape index (κ3) is 1.96. The van der Waals surface area contributed by atoms with Crippen LogP contribution in [0.15, 0.2) is 0 Å². The number of carbonyl (C=O) groups excluding carboxylic acids is 2. The fraction of sp³-hybridized carbons (Fsp3) is 0.769. The predicted molar refractivity (Wildman–Crippen MR) is 63.3 cm³/mol. The number of esters is 1. The highest BCUT2D eigenvalue weighted by Gasteiger charge is 2.50. The summed E-state index contributed by atoms with van der Waals surface area (Å²) in [4.78, 5) is 25.7. The van der Waals surface area contributed by atoms with Gasteiger partial charge in [0.05, 0.1) is 12.7 Å². The first kappa shape index (κ1) is 12.9. The number of nitrogens with zero attached hydrogens (tertiary/aromatic N) is 2. The molecule has 2 rings (SSSR count). The Balaban J connectivity index is 2.10. The van der Waals surface area contributed by atoms with Crippen LogP contribution in [0.3, 0.4) is 0 Å². The fourth-order valence-electron chi connectivity index (χ4n) is 2.67. The number of carbonyl (C=O) groups is 2. The van der Waals surface area contributed by atoms with Gasteiger partial charge in [0, 0.05) is 6.54 Å². The Kier molecular flexibility index (Phi) is 3.55. The summed E-state index contributed by atoms with van der Waals surface area (Å²) in [6.07, 6.45) is 3.60. The molecule has 0 N–H and O–H groups in total. The normalized spacial score (nSPS) is 25.1. The minimum Gasteiger partial charge on any atom is -0.464 e. The maximum atomic E-state index is 12.4. The molecule has 1 unspecified atom stereocenters. The molecule has 2 aliphatic rings. The monoisotopic (exact) mass is 250 g/mol. The van der Waals surface area contributed by atoms with E-state index in [4.69, 9.17) is 4.74 Å². The molecule has 18 heavy (non-hydrogen) atoms. The minimum absolute atomic E-state index is 0.174. The van der Waals surface area contributed by atoms with Gasteiger partial charge >= 0.3 is 5.97 Å². The van der Waals surface area contributed by atoms with Crippen molar-refractivity contribution in [1.29, 1.82) is 5.26 Å². The Hall–Kier alpha value is -1.57. The number of likely N-dealkylation sites (tertiary alicyclic amines) is 1. The molecule has 1 amide bonds. The van der Waals surface area contributed by atoms with E-state index in [1.807, 2.05) is 0 Å². The van der Waals surface area contributed by atoms with E-state index in [0.29, 0.717) is 32.4 Å². The van der Waals surface area contributed by atoms with Crippen LogP contribution in [0.2, 0.25) is 0 Å². The minimum atomic E-state index is -0.866. The average Bonchev–Trinajstić information content (AvgIpc) is 2.77. The van der Waals surface area contributed by atoms with E-state index in [9.17, 15) is 14.9 Å². The lowest BCUT2D eigenvalue weighted by Gasteiger charge is -2.38. The third-order valence-electron chi connectivity index (χ3n) is 3.90. The SMILES string of the molecule is CCOC(=O)C1CCCN1C(=O)C1(C#N)CCC1. The zero-order valence-electron chi connectivity index (χ0n) is 10.6. The molecule has 1 saturated heterocycles. The van der Waals surface area contributed by atoms with Crippen molar-refractivity contribution in [2.45, 2.75) is 45.1 Å². The van der Waals surface area contributed by atoms with Gasteiger partial charge in [-0.2, -0.15) is 5.26 Å². The molecule has 0 aromatic rings. The zero-order valence-corrected chi connectivity index (χ0v) is 10.6. The van der Waals surface area contributed by atoms with Crippen LogP contribution in [0.4, 0.5) is 0 Å². The summed E-state index contributed by atoms with van der Waals surface area (Å²) in [6.45, 7) is 2.63. The average molecular weight is 250 g/mol. The Morgan fingerprint density at radius 1 is 1.44 bits per heavy atom. The van der Waals surface area contributed by atoms with Crippen LogP contribution in [-0.4, -0.2) is 36.0 Å². The molecule has 0 bridgehead atoms. The molecule has 5 nitrogen and oxygen atoms in total. The molecule has 1 heterocycles. The summed E-state index contributed by atoms with van der Waals surface area (Å²) in [5.74, 6) is -0.512. The van der Waals surface area contributed by atoms with Gasteiger partial charge in [-0.1, -0.05) is 0 Å². The van der Waals surface area contributed by atoms with Crippen molar-refractivity contribution in [3.8, 4) is 6.07 Å². The molecule has 0 aromatic heterocycles. The number of nitriles is 1. The van der Waals surface area contributed by atoms with Crippen molar-refractivity contribution < 1.29 is 14.3 Å². The fourth-order valence-corrected chi connectivity index (χ4v) is 2.67. The summed E-state index contributed by atoms with van der Waals surface area (Å²) in [5.41, 5.74) is -0.866. The lowest BCUT2D eigenvalue weighted by Crippen LogP contribution is -2.51. The number of ether oxygens (including phenoxy) is 1. The van der Waals surface area contributed by atoms with Crippen molar-refractivity contribution in [3.63, 3.8) is 0 Å². The van der Waals surface area contributed by atoms with E-state index < -0.39 is 11.5 Å². The van der Waals surface area contributed by atoms with Crippen molar-refractivity contribution in [2.24, 2.45) is 5.41 Å². The van der Waals surface area contributed by atoms with Gasteiger partial charge in [0.1, 0.15) is 11.5 Å². The number of hydrogen-bond acceptors (Lipinski definition) is 4. The van der Waals surface area contributed by atoms with Crippen LogP contribution < -0.4 is 0 Å². The molecule has 5 heteroatoms. The maximum Gasteiger partial charge on any atom is 0.328 e. The van der Waals surface area contributed by atoms with E-state index in [0.717, 1.165) is 12.8 Å². The van der Waals surface area contributed by atoms with Crippen LogP contribution in [0.25, 0.3) is 0 Å². The van der Waals surface area contributed by atoms with Crippen molar-refractivity contribution in [1.82, 2.24) is 4.90 Å². The van der Waals surface area contributed by atoms with Crippen LogP contribution in [0.5, 0.6) is 0 Å². The molecule has 98 valence electrons. The highest BCUT2D eigenvalue weighted by Crippen LogP contribution is 2.43. The van der Waals surface area contributed by atoms with Gasteiger partial charge in [-0.05, 0) is 39.0 Å². The second-order valence-corrected chi connectivity index (χ2v) is 4.96. The quantitative estimate of drug-likeness (QED) is 0.706. The summed E-state index contributed by atoms with van der Waals surface area (Å²) in [7, 11) is 0. The second kappa shape index (κ2) is 4.97. The van der Waals surface area contributed by atoms with Crippen molar-refractivity contribution in [2.75, 3.05) is 13.2 Å². The van der Waals surface area contributed by atoms with Crippen LogP contribution in [0, 0.1) is 16.7 Å². The molecule has 1 atom stereocenters. The number of hydrogen-bond donors (Lipinski definition) is 0. The van der Waals surface area contributed by atoms with Crippen LogP contribution in [-0.2, 0) is 14.3 Å². The summed E-state index contributed by atoms with van der Waals surface area (Å²) in [6, 6.07) is 1.66. The number of amides is 1. The Morgan fingerprint density at radius 3 is 2.67 bits per heavy atom. The molecule has 0 radical (unpaired) electrons. The summed E-state index contributed by atoms with van der Waals surface area (Å²) >= 11 is 0. The first-order chi connectivity index (χ1) is 8.64. The van der Waals surface area contributed by atoms with E-state index in [1.54, 1.807) is 11.8 Å². The third-order valence-corrected chi connectivity index (χ3v) is 3.90. The predicted octanol–water partition coefficient (Wildman–Crippen LogP) is 1.23. The standard InChI is InChI=1S/C13H18N2O3/c1-2-18-11(16)10-5-3-8-15(10)12(17)13(9-14)6-4-7-13/h10H,2-8H2,1H3. The van der Waals surface area contributed by atoms with Gasteiger partial charge in [-0.25, -0.2) is 4.79 Å². The molecule has 0 spiro atoms. The van der Waals surface area contributed by atoms with Gasteiger partial charge in [-0.3, -0.25) is 4.79 Å². The summed E-state index contributed by atoms with van der Waals surface area (Å²) in [5, 5.41) is 9.18. The Morgan fingerprint density at radius 2 is 2.17 bits per heavy atom. The first-order valence-electron chi connectivity index (χ1n) is 6.53. The smallest absolute Gasteiger partial charge is 0.328 e. The molecule has 1 saturated carbocycles. The van der Waals surface area contributed by atoms with E-state index in [1.165, 1.54) is 0 Å². The summed E-state index contributed by atoms with van der Waals surface area (Å²) < 4.78 is 4.99. The zero-order chi connectivity index (χ0) is 13.2. The van der Waals surface area contributed by atoms with E-state index >= 15 is 0 Å². The first-order valence-corrected chi connectivity index (χ1v) is 6.53. The van der Waals surface area contributed by atoms with Gasteiger partial charge in [0.25, 0.3) is 0 Å². The largest absolute Gasteiger partial charge is 0.464 e. The molecule has 1 aliphatic heterocycles. The molecule has 2 fully saturated rings. The highest BCUT2D eigenvalue weighted by atomic mass is 16.5. The van der Waals surface area contributed by atoms with Gasteiger partial charge in [0.15, 0.2) is 0 Å². The van der Waals surface area contributed by atoms with Gasteiger partial charge < -0.3 is 9.64 Å². The van der Waals surface area contributed by atoms with E-state index in [2.05, 4.69) is 6.07 Å². The lowest BCUT2D eigenvalue weighted by atomic mass is 9.69. The molecular weight excluding hydrogens is 232 g/mol. The second-order valence-electron chi connectivity index (χ2n) is 4.96. The van der Waals surface area contributed by atoms with Gasteiger partial charge in [-0.15, -0.1) is 0 Å². The van der Waals surface area contributed by atoms with Gasteiger partial charge in [0.2, 0.25) is 5.91 Å². The Labute approximate surface area is 107 Å². The molecule has 1 aliphatic carbocycles. The van der Waals surface area contributed by atoms with Crippen molar-refractivity contribution in [3.05, 3.63) is 0 Å². The van der Waals surface area contributed by atoms with Crippen molar-refractivity contribution >= 4 is 11.9 Å². The van der Waals surface area contributed by atoms with Crippen LogP contribution >= 0.6 is 0 Å². The topological polar surface area (TPSA) is 70.4 Å². The molecular formula is C13H18N2O3. The highest BCUT2D eigenvalue weighted by molar-refractivity contribution is 5.91. The Bertz CT molecular complexity index is 396. The van der Waals surface area contributed by atoms with Crippen LogP contribution in [0.1, 0.15) is 39.0 Å².